The average Bonchev–Trinajstić information content (AvgIpc) is 2.98. The highest BCUT2D eigenvalue weighted by atomic mass is 79.9. The Morgan fingerprint density at radius 2 is 0.854 bits per heavy atom. The van der Waals surface area contributed by atoms with Gasteiger partial charge in [-0.05, 0) is 48.1 Å². The van der Waals surface area contributed by atoms with E-state index in [-0.39, 0.29) is 52.2 Å². The third-order valence-corrected chi connectivity index (χ3v) is 5.93. The molecule has 0 aliphatic heterocycles. The van der Waals surface area contributed by atoms with E-state index in [1.54, 1.807) is 60.7 Å². The quantitative estimate of drug-likeness (QED) is 0.132. The minimum absolute atomic E-state index is 0. The lowest BCUT2D eigenvalue weighted by molar-refractivity contribution is 0.0687. The molecule has 4 aromatic rings. The Morgan fingerprint density at radius 1 is 0.537 bits per heavy atom. The molecular formula is C31H28Br2N2O6. The van der Waals surface area contributed by atoms with Crippen molar-refractivity contribution in [2.45, 2.75) is 7.43 Å². The molecule has 1 aliphatic rings. The number of ketones is 2. The van der Waals surface area contributed by atoms with Gasteiger partial charge in [-0.15, -0.1) is 0 Å². The molecular weight excluding hydrogens is 656 g/mol. The Bertz CT molecular complexity index is 1480. The van der Waals surface area contributed by atoms with E-state index in [0.717, 1.165) is 0 Å². The van der Waals surface area contributed by atoms with Crippen LogP contribution in [0.3, 0.4) is 0 Å². The first-order valence-electron chi connectivity index (χ1n) is 11.7. The molecule has 0 unspecified atom stereocenters. The lowest BCUT2D eigenvalue weighted by atomic mass is 9.82. The number of hydrogen-bond acceptors (Lipinski definition) is 6. The number of benzene rings is 4. The van der Waals surface area contributed by atoms with Crippen LogP contribution in [0, 0.1) is 0 Å². The van der Waals surface area contributed by atoms with Gasteiger partial charge in [0, 0.05) is 11.1 Å². The molecule has 0 heterocycles. The minimum Gasteiger partial charge on any atom is -0.478 e. The number of hydrogen-bond donors (Lipinski definition) is 4. The largest absolute Gasteiger partial charge is 0.478 e. The second-order valence-electron chi connectivity index (χ2n) is 8.07. The van der Waals surface area contributed by atoms with E-state index in [1.807, 2.05) is 11.7 Å². The zero-order valence-corrected chi connectivity index (χ0v) is 24.5. The number of carbonyl (C=O) groups is 4. The van der Waals surface area contributed by atoms with Crippen molar-refractivity contribution >= 4 is 78.1 Å². The molecule has 10 heteroatoms. The summed E-state index contributed by atoms with van der Waals surface area (Å²) in [6, 6.07) is 22.1. The Labute approximate surface area is 254 Å². The number of rotatable bonds is 6. The molecule has 212 valence electrons. The van der Waals surface area contributed by atoms with Crippen LogP contribution in [0.4, 0.5) is 22.7 Å². The van der Waals surface area contributed by atoms with Gasteiger partial charge in [-0.2, -0.15) is 0 Å². The van der Waals surface area contributed by atoms with Crippen LogP contribution in [0.15, 0.2) is 84.9 Å². The number of carboxylic acid groups (broad SMARTS) is 2. The van der Waals surface area contributed by atoms with Crippen molar-refractivity contribution in [3.8, 4) is 0 Å². The van der Waals surface area contributed by atoms with Gasteiger partial charge in [0.1, 0.15) is 0 Å². The number of carboxylic acids is 2. The van der Waals surface area contributed by atoms with E-state index in [2.05, 4.69) is 42.5 Å². The Kier molecular flexibility index (Phi) is 12.0. The summed E-state index contributed by atoms with van der Waals surface area (Å²) in [4.78, 5) is 50.5. The van der Waals surface area contributed by atoms with Crippen LogP contribution in [0.1, 0.15) is 60.0 Å². The first-order chi connectivity index (χ1) is 19.4. The van der Waals surface area contributed by atoms with Crippen molar-refractivity contribution < 1.29 is 29.4 Å². The maximum Gasteiger partial charge on any atom is 0.337 e. The van der Waals surface area contributed by atoms with Crippen LogP contribution in [0.25, 0.3) is 0 Å². The second-order valence-corrected chi connectivity index (χ2v) is 8.07. The van der Waals surface area contributed by atoms with Crippen molar-refractivity contribution in [1.29, 1.82) is 0 Å². The molecule has 0 spiro atoms. The fourth-order valence-corrected chi connectivity index (χ4v) is 4.30. The third kappa shape index (κ3) is 6.72. The Hall–Kier alpha value is -4.28. The number of aromatic carboxylic acids is 2. The van der Waals surface area contributed by atoms with Gasteiger partial charge in [0.25, 0.3) is 0 Å². The highest BCUT2D eigenvalue weighted by molar-refractivity contribution is 9.09. The first kappa shape index (κ1) is 32.9. The summed E-state index contributed by atoms with van der Waals surface area (Å²) in [5.74, 6) is 0.539. The highest BCUT2D eigenvalue weighted by Crippen LogP contribution is 2.37. The summed E-state index contributed by atoms with van der Waals surface area (Å²) in [5, 5.41) is 25.0. The number of fused-ring (bicyclic) bond motifs is 2. The number of para-hydroxylation sites is 2. The Balaban J connectivity index is 0.00000113. The van der Waals surface area contributed by atoms with E-state index in [4.69, 9.17) is 0 Å². The van der Waals surface area contributed by atoms with Gasteiger partial charge in [-0.1, -0.05) is 87.8 Å². The van der Waals surface area contributed by atoms with Crippen LogP contribution in [-0.4, -0.2) is 45.4 Å². The standard InChI is InChI=1S/C28H18N2O6.2CH3Br.CH4/c31-25-18-10-6-14-22(30-20-12-4-2-8-16(20)28(35)36)24(18)26(32)17-9-5-13-21(23(17)25)29-19-11-3-1-7-15(19)27(33)34;2*1-2;/h1-14,29-30H,(H,33,34)(H,35,36);2*1H3;1H4. The number of carbonyl (C=O) groups excluding carboxylic acids is 2. The average molecular weight is 684 g/mol. The van der Waals surface area contributed by atoms with Crippen molar-refractivity contribution in [3.05, 3.63) is 118 Å². The zero-order valence-electron chi connectivity index (χ0n) is 21.4. The van der Waals surface area contributed by atoms with E-state index in [0.29, 0.717) is 11.4 Å². The summed E-state index contributed by atoms with van der Waals surface area (Å²) >= 11 is 5.88. The van der Waals surface area contributed by atoms with Gasteiger partial charge in [-0.25, -0.2) is 9.59 Å². The molecule has 0 fully saturated rings. The van der Waals surface area contributed by atoms with Gasteiger partial charge in [0.05, 0.1) is 45.0 Å². The van der Waals surface area contributed by atoms with E-state index < -0.39 is 23.5 Å². The fraction of sp³-hybridized carbons (Fsp3) is 0.0968. The van der Waals surface area contributed by atoms with Crippen molar-refractivity contribution in [2.75, 3.05) is 22.3 Å². The maximum absolute atomic E-state index is 13.6. The minimum atomic E-state index is -1.13. The van der Waals surface area contributed by atoms with Crippen LogP contribution in [-0.2, 0) is 0 Å². The summed E-state index contributed by atoms with van der Waals surface area (Å²) < 4.78 is 0. The summed E-state index contributed by atoms with van der Waals surface area (Å²) in [6.07, 6.45) is 0. The van der Waals surface area contributed by atoms with Gasteiger partial charge in [0.15, 0.2) is 11.6 Å². The number of nitrogens with one attached hydrogen (secondary N) is 2. The maximum atomic E-state index is 13.6. The van der Waals surface area contributed by atoms with E-state index in [1.165, 1.54) is 24.3 Å². The lowest BCUT2D eigenvalue weighted by Gasteiger charge is -2.23. The molecule has 0 atom stereocenters. The molecule has 8 nitrogen and oxygen atoms in total. The SMILES string of the molecule is C.CBr.CBr.O=C(O)c1ccccc1Nc1cccc2c1C(=O)c1cccc(Nc3ccccc3C(=O)O)c1C2=O. The van der Waals surface area contributed by atoms with Crippen LogP contribution in [0.5, 0.6) is 0 Å². The molecule has 0 bridgehead atoms. The monoisotopic (exact) mass is 682 g/mol. The molecule has 0 radical (unpaired) electrons. The lowest BCUT2D eigenvalue weighted by Crippen LogP contribution is -2.23. The first-order valence-corrected chi connectivity index (χ1v) is 14.8. The predicted octanol–water partition coefficient (Wildman–Crippen LogP) is 8.00. The summed E-state index contributed by atoms with van der Waals surface area (Å²) in [6.45, 7) is 0. The second kappa shape index (κ2) is 14.9. The van der Waals surface area contributed by atoms with E-state index >= 15 is 0 Å². The van der Waals surface area contributed by atoms with Crippen molar-refractivity contribution in [1.82, 2.24) is 0 Å². The van der Waals surface area contributed by atoms with Gasteiger partial charge < -0.3 is 20.8 Å². The molecule has 4 aromatic carbocycles. The van der Waals surface area contributed by atoms with E-state index in [9.17, 15) is 29.4 Å². The van der Waals surface area contributed by atoms with Crippen LogP contribution in [0.2, 0.25) is 0 Å². The number of halogens is 2. The number of anilines is 4. The third-order valence-electron chi connectivity index (χ3n) is 5.93. The smallest absolute Gasteiger partial charge is 0.337 e. The van der Waals surface area contributed by atoms with Gasteiger partial charge in [-0.3, -0.25) is 9.59 Å². The van der Waals surface area contributed by atoms with Crippen molar-refractivity contribution in [3.63, 3.8) is 0 Å². The molecule has 0 aromatic heterocycles. The molecule has 5 rings (SSSR count). The Morgan fingerprint density at radius 3 is 1.20 bits per heavy atom. The normalized spacial score (nSPS) is 10.7. The van der Waals surface area contributed by atoms with Crippen LogP contribution < -0.4 is 10.6 Å². The van der Waals surface area contributed by atoms with Gasteiger partial charge in [0.2, 0.25) is 0 Å². The van der Waals surface area contributed by atoms with Gasteiger partial charge >= 0.3 is 11.9 Å². The predicted molar refractivity (Wildman–Crippen MR) is 170 cm³/mol. The molecule has 4 N–H and O–H groups in total. The molecule has 1 aliphatic carbocycles. The summed E-state index contributed by atoms with van der Waals surface area (Å²) in [7, 11) is 0. The highest BCUT2D eigenvalue weighted by Gasteiger charge is 2.34. The molecule has 0 saturated heterocycles. The zero-order chi connectivity index (χ0) is 29.4. The molecule has 0 amide bonds. The summed E-state index contributed by atoms with van der Waals surface area (Å²) in [5.41, 5.74) is 1.81. The number of alkyl halides is 2. The van der Waals surface area contributed by atoms with Crippen molar-refractivity contribution in [2.24, 2.45) is 0 Å². The van der Waals surface area contributed by atoms with Crippen LogP contribution >= 0.6 is 31.9 Å². The fourth-order valence-electron chi connectivity index (χ4n) is 4.30. The topological polar surface area (TPSA) is 133 Å². The molecule has 0 saturated carbocycles. The molecule has 41 heavy (non-hydrogen) atoms.